The average Bonchev–Trinajstić information content (AvgIpc) is 2.88. The number of nitrogens with zero attached hydrogens (tertiary/aromatic N) is 3. The van der Waals surface area contributed by atoms with Crippen LogP contribution in [0.4, 0.5) is 5.82 Å². The Bertz CT molecular complexity index is 728. The van der Waals surface area contributed by atoms with Crippen molar-refractivity contribution in [1.82, 2.24) is 9.78 Å². The summed E-state index contributed by atoms with van der Waals surface area (Å²) in [5.74, 6) is 0.387. The summed E-state index contributed by atoms with van der Waals surface area (Å²) in [6.45, 7) is 1.59. The number of amides is 1. The molecule has 0 spiro atoms. The molecule has 2 rings (SSSR count). The largest absolute Gasteiger partial charge is 0.481 e. The van der Waals surface area contributed by atoms with Crippen LogP contribution in [-0.4, -0.2) is 28.1 Å². The fraction of sp³-hybridized carbons (Fsp3) is 0.200. The van der Waals surface area contributed by atoms with Gasteiger partial charge in [-0.1, -0.05) is 0 Å². The Morgan fingerprint density at radius 3 is 2.73 bits per heavy atom. The molecule has 1 atom stereocenters. The highest BCUT2D eigenvalue weighted by atomic mass is 16.5. The van der Waals surface area contributed by atoms with Crippen molar-refractivity contribution < 1.29 is 14.3 Å². The van der Waals surface area contributed by atoms with Crippen LogP contribution in [0.5, 0.6) is 5.75 Å². The van der Waals surface area contributed by atoms with E-state index in [0.29, 0.717) is 17.1 Å². The second-order valence-electron chi connectivity index (χ2n) is 4.58. The number of carbonyl (C=O) groups excluding carboxylic acids is 2. The summed E-state index contributed by atoms with van der Waals surface area (Å²) in [5, 5.41) is 15.5. The van der Waals surface area contributed by atoms with Gasteiger partial charge in [0.25, 0.3) is 5.91 Å². The highest BCUT2D eigenvalue weighted by molar-refractivity contribution is 5.94. The lowest BCUT2D eigenvalue weighted by Gasteiger charge is -2.15. The van der Waals surface area contributed by atoms with Crippen LogP contribution in [0.2, 0.25) is 0 Å². The minimum absolute atomic E-state index is 0.276. The van der Waals surface area contributed by atoms with Gasteiger partial charge in [0, 0.05) is 12.6 Å². The molecule has 1 amide bonds. The molecule has 1 aromatic carbocycles. The number of nitriles is 1. The van der Waals surface area contributed by atoms with Crippen molar-refractivity contribution in [2.75, 3.05) is 5.32 Å². The number of hydrogen-bond donors (Lipinski definition) is 1. The first kappa shape index (κ1) is 15.3. The van der Waals surface area contributed by atoms with Crippen molar-refractivity contribution in [2.24, 2.45) is 7.05 Å². The summed E-state index contributed by atoms with van der Waals surface area (Å²) >= 11 is 0. The monoisotopic (exact) mass is 298 g/mol. The van der Waals surface area contributed by atoms with E-state index in [4.69, 9.17) is 10.00 Å². The fourth-order valence-corrected chi connectivity index (χ4v) is 1.77. The lowest BCUT2D eigenvalue weighted by atomic mass is 10.2. The standard InChI is InChI=1S/C15H14N4O3/c1-10(22-13-5-3-11(9-20)4-6-13)15(21)18-14-12(7-16)8-17-19(14)2/h3-6,8-10H,1-2H3,(H,18,21). The summed E-state index contributed by atoms with van der Waals surface area (Å²) in [6, 6.07) is 8.37. The summed E-state index contributed by atoms with van der Waals surface area (Å²) in [4.78, 5) is 22.7. The number of rotatable bonds is 5. The zero-order valence-electron chi connectivity index (χ0n) is 12.1. The van der Waals surface area contributed by atoms with E-state index < -0.39 is 12.0 Å². The van der Waals surface area contributed by atoms with Gasteiger partial charge in [0.2, 0.25) is 0 Å². The van der Waals surface area contributed by atoms with Crippen LogP contribution in [-0.2, 0) is 11.8 Å². The smallest absolute Gasteiger partial charge is 0.266 e. The van der Waals surface area contributed by atoms with Crippen molar-refractivity contribution >= 4 is 18.0 Å². The summed E-state index contributed by atoms with van der Waals surface area (Å²) in [7, 11) is 1.63. The lowest BCUT2D eigenvalue weighted by Crippen LogP contribution is -2.31. The Labute approximate surface area is 127 Å². The molecule has 0 fully saturated rings. The van der Waals surface area contributed by atoms with Crippen LogP contribution >= 0.6 is 0 Å². The first-order valence-electron chi connectivity index (χ1n) is 6.50. The number of benzene rings is 1. The van der Waals surface area contributed by atoms with Gasteiger partial charge in [0.1, 0.15) is 29.5 Å². The SMILES string of the molecule is CC(Oc1ccc(C=O)cc1)C(=O)Nc1c(C#N)cnn1C. The van der Waals surface area contributed by atoms with Crippen LogP contribution in [0.1, 0.15) is 22.8 Å². The highest BCUT2D eigenvalue weighted by Crippen LogP contribution is 2.16. The lowest BCUT2D eigenvalue weighted by molar-refractivity contribution is -0.122. The van der Waals surface area contributed by atoms with Crippen molar-refractivity contribution in [3.05, 3.63) is 41.6 Å². The minimum Gasteiger partial charge on any atom is -0.481 e. The predicted octanol–water partition coefficient (Wildman–Crippen LogP) is 1.51. The molecule has 0 aliphatic rings. The molecular formula is C15H14N4O3. The van der Waals surface area contributed by atoms with E-state index in [1.807, 2.05) is 6.07 Å². The molecule has 0 aliphatic heterocycles. The molecule has 7 heteroatoms. The number of ether oxygens (including phenoxy) is 1. The van der Waals surface area contributed by atoms with E-state index in [-0.39, 0.29) is 5.56 Å². The summed E-state index contributed by atoms with van der Waals surface area (Å²) in [5.41, 5.74) is 0.802. The Morgan fingerprint density at radius 1 is 1.45 bits per heavy atom. The van der Waals surface area contributed by atoms with Gasteiger partial charge < -0.3 is 10.1 Å². The number of carbonyl (C=O) groups is 2. The third-order valence-corrected chi connectivity index (χ3v) is 3.00. The topological polar surface area (TPSA) is 97.0 Å². The van der Waals surface area contributed by atoms with Crippen LogP contribution < -0.4 is 10.1 Å². The summed E-state index contributed by atoms with van der Waals surface area (Å²) in [6.07, 6.45) is 1.33. The predicted molar refractivity (Wildman–Crippen MR) is 78.5 cm³/mol. The zero-order chi connectivity index (χ0) is 16.1. The van der Waals surface area contributed by atoms with E-state index in [1.54, 1.807) is 38.2 Å². The number of nitrogens with one attached hydrogen (secondary N) is 1. The van der Waals surface area contributed by atoms with E-state index >= 15 is 0 Å². The van der Waals surface area contributed by atoms with Crippen molar-refractivity contribution in [3.8, 4) is 11.8 Å². The van der Waals surface area contributed by atoms with Gasteiger partial charge in [0.15, 0.2) is 6.10 Å². The minimum atomic E-state index is -0.775. The van der Waals surface area contributed by atoms with Gasteiger partial charge >= 0.3 is 0 Å². The van der Waals surface area contributed by atoms with Crippen molar-refractivity contribution in [3.63, 3.8) is 0 Å². The maximum atomic E-state index is 12.1. The van der Waals surface area contributed by atoms with Gasteiger partial charge in [-0.3, -0.25) is 14.3 Å². The Kier molecular flexibility index (Phi) is 4.53. The molecule has 0 bridgehead atoms. The zero-order valence-corrected chi connectivity index (χ0v) is 12.1. The molecule has 112 valence electrons. The Hall–Kier alpha value is -3.14. The van der Waals surface area contributed by atoms with Gasteiger partial charge in [-0.15, -0.1) is 0 Å². The first-order chi connectivity index (χ1) is 10.5. The Balaban J connectivity index is 2.04. The highest BCUT2D eigenvalue weighted by Gasteiger charge is 2.18. The normalized spacial score (nSPS) is 11.3. The molecule has 1 N–H and O–H groups in total. The van der Waals surface area contributed by atoms with Crippen LogP contribution in [0.25, 0.3) is 0 Å². The first-order valence-corrected chi connectivity index (χ1v) is 6.50. The van der Waals surface area contributed by atoms with E-state index in [0.717, 1.165) is 6.29 Å². The molecule has 22 heavy (non-hydrogen) atoms. The van der Waals surface area contributed by atoms with Crippen molar-refractivity contribution in [1.29, 1.82) is 5.26 Å². The third kappa shape index (κ3) is 3.30. The molecule has 1 heterocycles. The molecule has 0 saturated heterocycles. The van der Waals surface area contributed by atoms with E-state index in [2.05, 4.69) is 10.4 Å². The van der Waals surface area contributed by atoms with Gasteiger partial charge in [0.05, 0.1) is 6.20 Å². The molecule has 0 aliphatic carbocycles. The van der Waals surface area contributed by atoms with Crippen LogP contribution in [0, 0.1) is 11.3 Å². The second-order valence-corrected chi connectivity index (χ2v) is 4.58. The number of hydrogen-bond acceptors (Lipinski definition) is 5. The second kappa shape index (κ2) is 6.54. The molecular weight excluding hydrogens is 284 g/mol. The molecule has 7 nitrogen and oxygen atoms in total. The van der Waals surface area contributed by atoms with Gasteiger partial charge in [-0.05, 0) is 31.2 Å². The number of anilines is 1. The Morgan fingerprint density at radius 2 is 2.14 bits per heavy atom. The number of aldehydes is 1. The quantitative estimate of drug-likeness (QED) is 0.844. The molecule has 2 aromatic rings. The van der Waals surface area contributed by atoms with Gasteiger partial charge in [-0.2, -0.15) is 10.4 Å². The summed E-state index contributed by atoms with van der Waals surface area (Å²) < 4.78 is 6.90. The van der Waals surface area contributed by atoms with Crippen LogP contribution in [0.15, 0.2) is 30.5 Å². The third-order valence-electron chi connectivity index (χ3n) is 3.00. The van der Waals surface area contributed by atoms with E-state index in [9.17, 15) is 9.59 Å². The molecule has 0 radical (unpaired) electrons. The molecule has 1 unspecified atom stereocenters. The van der Waals surface area contributed by atoms with Gasteiger partial charge in [-0.25, -0.2) is 0 Å². The average molecular weight is 298 g/mol. The van der Waals surface area contributed by atoms with E-state index in [1.165, 1.54) is 10.9 Å². The molecule has 0 saturated carbocycles. The number of aryl methyl sites for hydroxylation is 1. The fourth-order valence-electron chi connectivity index (χ4n) is 1.77. The maximum Gasteiger partial charge on any atom is 0.266 e. The maximum absolute atomic E-state index is 12.1. The van der Waals surface area contributed by atoms with Crippen molar-refractivity contribution in [2.45, 2.75) is 13.0 Å². The molecule has 1 aromatic heterocycles. The van der Waals surface area contributed by atoms with Crippen LogP contribution in [0.3, 0.4) is 0 Å². The number of aromatic nitrogens is 2.